The highest BCUT2D eigenvalue weighted by Gasteiger charge is 2.38. The minimum atomic E-state index is -4.35. The molecule has 0 saturated carbocycles. The summed E-state index contributed by atoms with van der Waals surface area (Å²) in [6, 6.07) is 9.30. The van der Waals surface area contributed by atoms with Gasteiger partial charge < -0.3 is 9.80 Å². The third-order valence-electron chi connectivity index (χ3n) is 6.64. The topological polar surface area (TPSA) is 53.5 Å². The summed E-state index contributed by atoms with van der Waals surface area (Å²) in [5.41, 5.74) is 3.38. The van der Waals surface area contributed by atoms with E-state index in [1.54, 1.807) is 35.2 Å². The summed E-state index contributed by atoms with van der Waals surface area (Å²) in [6.07, 6.45) is -2.49. The number of carbonyl (C=O) groups is 2. The van der Waals surface area contributed by atoms with Crippen molar-refractivity contribution >= 4 is 34.5 Å². The Hall–Kier alpha value is -2.72. The van der Waals surface area contributed by atoms with Gasteiger partial charge in [-0.2, -0.15) is 13.2 Å². The summed E-state index contributed by atoms with van der Waals surface area (Å²) in [5.74, 6) is 0.867. The Kier molecular flexibility index (Phi) is 6.20. The molecule has 2 aromatic heterocycles. The highest BCUT2D eigenvalue weighted by molar-refractivity contribution is 7.15. The molecule has 0 spiro atoms. The molecule has 2 aliphatic heterocycles. The van der Waals surface area contributed by atoms with E-state index >= 15 is 0 Å². The van der Waals surface area contributed by atoms with Crippen LogP contribution >= 0.6 is 22.7 Å². The molecule has 5 rings (SSSR count). The molecular formula is C24H22F3N3O2S2. The van der Waals surface area contributed by atoms with Gasteiger partial charge in [0.15, 0.2) is 0 Å². The van der Waals surface area contributed by atoms with Crippen LogP contribution in [0.5, 0.6) is 0 Å². The molecule has 3 aromatic rings. The fourth-order valence-electron chi connectivity index (χ4n) is 4.64. The van der Waals surface area contributed by atoms with Gasteiger partial charge >= 0.3 is 6.18 Å². The number of nitrogens with zero attached hydrogens (tertiary/aromatic N) is 3. The smallest absolute Gasteiger partial charge is 0.338 e. The normalized spacial score (nSPS) is 17.6. The molecule has 0 radical (unpaired) electrons. The minimum absolute atomic E-state index is 0.00857. The second-order valence-electron chi connectivity index (χ2n) is 8.71. The highest BCUT2D eigenvalue weighted by Crippen LogP contribution is 2.38. The van der Waals surface area contributed by atoms with Crippen molar-refractivity contribution in [3.05, 3.63) is 63.4 Å². The molecule has 0 N–H and O–H groups in total. The third kappa shape index (κ3) is 4.61. The predicted octanol–water partition coefficient (Wildman–Crippen LogP) is 5.51. The van der Waals surface area contributed by atoms with Gasteiger partial charge in [-0.1, -0.05) is 12.1 Å². The molecule has 1 aromatic carbocycles. The number of rotatable bonds is 4. The molecule has 178 valence electrons. The van der Waals surface area contributed by atoms with E-state index in [1.165, 1.54) is 17.4 Å². The van der Waals surface area contributed by atoms with Crippen molar-refractivity contribution in [2.45, 2.75) is 19.0 Å². The van der Waals surface area contributed by atoms with Gasteiger partial charge in [0, 0.05) is 42.0 Å². The van der Waals surface area contributed by atoms with Crippen LogP contribution in [-0.4, -0.2) is 52.8 Å². The van der Waals surface area contributed by atoms with E-state index in [9.17, 15) is 22.8 Å². The average molecular weight is 506 g/mol. The number of hydrogen-bond acceptors (Lipinski definition) is 5. The zero-order valence-electron chi connectivity index (χ0n) is 18.1. The van der Waals surface area contributed by atoms with E-state index in [2.05, 4.69) is 4.98 Å². The molecule has 10 heteroatoms. The fourth-order valence-corrected chi connectivity index (χ4v) is 6.04. The summed E-state index contributed by atoms with van der Waals surface area (Å²) in [6.45, 7) is 2.83. The van der Waals surface area contributed by atoms with Crippen LogP contribution in [0, 0.1) is 11.8 Å². The van der Waals surface area contributed by atoms with Crippen LogP contribution in [0.2, 0.25) is 0 Å². The maximum Gasteiger partial charge on any atom is 0.425 e. The highest BCUT2D eigenvalue weighted by atomic mass is 32.1. The number of aromatic nitrogens is 1. The molecule has 2 saturated heterocycles. The number of thiophene rings is 1. The fraction of sp³-hybridized carbons (Fsp3) is 0.375. The second kappa shape index (κ2) is 9.14. The summed E-state index contributed by atoms with van der Waals surface area (Å²) in [5, 5.41) is 1.77. The lowest BCUT2D eigenvalue weighted by atomic mass is 9.79. The Bertz CT molecular complexity index is 1160. The van der Waals surface area contributed by atoms with Crippen LogP contribution in [0.1, 0.15) is 38.6 Å². The quantitative estimate of drug-likeness (QED) is 0.470. The van der Waals surface area contributed by atoms with Crippen molar-refractivity contribution in [1.82, 2.24) is 14.8 Å². The first kappa shape index (κ1) is 23.0. The van der Waals surface area contributed by atoms with Crippen molar-refractivity contribution in [2.75, 3.05) is 26.2 Å². The molecule has 2 aliphatic rings. The van der Waals surface area contributed by atoms with Crippen molar-refractivity contribution in [3.8, 4) is 10.4 Å². The lowest BCUT2D eigenvalue weighted by Crippen LogP contribution is -2.54. The third-order valence-corrected chi connectivity index (χ3v) is 8.41. The van der Waals surface area contributed by atoms with Crippen molar-refractivity contribution < 1.29 is 22.8 Å². The van der Waals surface area contributed by atoms with E-state index in [0.29, 0.717) is 71.0 Å². The minimum Gasteiger partial charge on any atom is -0.338 e. The van der Waals surface area contributed by atoms with Crippen LogP contribution in [0.25, 0.3) is 10.4 Å². The van der Waals surface area contributed by atoms with Gasteiger partial charge in [0.05, 0.1) is 5.51 Å². The zero-order valence-corrected chi connectivity index (χ0v) is 19.8. The Morgan fingerprint density at radius 1 is 0.912 bits per heavy atom. The number of carbonyl (C=O) groups excluding carboxylic acids is 2. The Morgan fingerprint density at radius 2 is 1.62 bits per heavy atom. The van der Waals surface area contributed by atoms with Crippen LogP contribution in [0.4, 0.5) is 13.2 Å². The summed E-state index contributed by atoms with van der Waals surface area (Å²) >= 11 is 2.11. The number of piperidine rings is 1. The van der Waals surface area contributed by atoms with E-state index in [0.717, 1.165) is 18.9 Å². The molecule has 0 bridgehead atoms. The number of thiazole rings is 1. The maximum absolute atomic E-state index is 12.8. The SMILES string of the molecule is O=C(c1ccc(-c2ccc(C(F)(F)F)s2)cc1)N1CC(C2CCN(C(=O)c3cscn3)CC2)C1. The van der Waals surface area contributed by atoms with Crippen LogP contribution in [0.3, 0.4) is 0 Å². The number of alkyl halides is 3. The van der Waals surface area contributed by atoms with E-state index in [1.807, 2.05) is 9.80 Å². The number of hydrogen-bond donors (Lipinski definition) is 0. The molecule has 0 aliphatic carbocycles. The Morgan fingerprint density at radius 3 is 2.21 bits per heavy atom. The van der Waals surface area contributed by atoms with Gasteiger partial charge in [-0.3, -0.25) is 9.59 Å². The lowest BCUT2D eigenvalue weighted by Gasteiger charge is -2.46. The van der Waals surface area contributed by atoms with E-state index in [-0.39, 0.29) is 11.8 Å². The maximum atomic E-state index is 12.8. The number of benzene rings is 1. The van der Waals surface area contributed by atoms with Crippen LogP contribution in [0.15, 0.2) is 47.3 Å². The van der Waals surface area contributed by atoms with Gasteiger partial charge in [0.25, 0.3) is 11.8 Å². The molecule has 5 nitrogen and oxygen atoms in total. The largest absolute Gasteiger partial charge is 0.425 e. The molecule has 34 heavy (non-hydrogen) atoms. The van der Waals surface area contributed by atoms with E-state index in [4.69, 9.17) is 0 Å². The Labute approximate surface area is 202 Å². The zero-order chi connectivity index (χ0) is 23.9. The first-order valence-electron chi connectivity index (χ1n) is 11.0. The average Bonchev–Trinajstić information content (AvgIpc) is 3.50. The molecule has 0 unspecified atom stereocenters. The van der Waals surface area contributed by atoms with Gasteiger partial charge in [-0.25, -0.2) is 4.98 Å². The summed E-state index contributed by atoms with van der Waals surface area (Å²) in [7, 11) is 0. The van der Waals surface area contributed by atoms with Gasteiger partial charge in [-0.15, -0.1) is 22.7 Å². The number of likely N-dealkylation sites (tertiary alicyclic amines) is 2. The predicted molar refractivity (Wildman–Crippen MR) is 125 cm³/mol. The van der Waals surface area contributed by atoms with Crippen molar-refractivity contribution in [3.63, 3.8) is 0 Å². The van der Waals surface area contributed by atoms with Gasteiger partial charge in [-0.05, 0) is 54.5 Å². The lowest BCUT2D eigenvalue weighted by molar-refractivity contribution is -0.134. The van der Waals surface area contributed by atoms with Gasteiger partial charge in [0.2, 0.25) is 0 Å². The molecule has 4 heterocycles. The number of amides is 2. The molecule has 2 amide bonds. The van der Waals surface area contributed by atoms with Crippen molar-refractivity contribution in [1.29, 1.82) is 0 Å². The number of halogens is 3. The van der Waals surface area contributed by atoms with Gasteiger partial charge in [0.1, 0.15) is 10.6 Å². The second-order valence-corrected chi connectivity index (χ2v) is 10.5. The Balaban J connectivity index is 1.12. The molecular weight excluding hydrogens is 483 g/mol. The van der Waals surface area contributed by atoms with E-state index < -0.39 is 11.1 Å². The first-order chi connectivity index (χ1) is 16.3. The van der Waals surface area contributed by atoms with Crippen molar-refractivity contribution in [2.24, 2.45) is 11.8 Å². The van der Waals surface area contributed by atoms with Crippen LogP contribution < -0.4 is 0 Å². The monoisotopic (exact) mass is 505 g/mol. The summed E-state index contributed by atoms with van der Waals surface area (Å²) in [4.78, 5) is 33.0. The molecule has 2 fully saturated rings. The standard InChI is InChI=1S/C24H22F3N3O2S2/c25-24(26,27)21-6-5-20(34-21)16-1-3-17(4-2-16)22(31)30-11-18(12-30)15-7-9-29(10-8-15)23(32)19-13-33-14-28-19/h1-6,13-15,18H,7-12H2. The van der Waals surface area contributed by atoms with Crippen LogP contribution in [-0.2, 0) is 6.18 Å². The first-order valence-corrected chi connectivity index (χ1v) is 12.8. The molecule has 0 atom stereocenters. The summed E-state index contributed by atoms with van der Waals surface area (Å²) < 4.78 is 38.5.